The van der Waals surface area contributed by atoms with Gasteiger partial charge in [-0.3, -0.25) is 0 Å². The zero-order valence-electron chi connectivity index (χ0n) is 18.4. The largest absolute Gasteiger partial charge is 0.497 e. The smallest absolute Gasteiger partial charge is 0.225 e. The van der Waals surface area contributed by atoms with Crippen molar-refractivity contribution in [2.75, 3.05) is 44.7 Å². The van der Waals surface area contributed by atoms with Gasteiger partial charge in [0.2, 0.25) is 5.95 Å². The van der Waals surface area contributed by atoms with Gasteiger partial charge in [0, 0.05) is 51.3 Å². The molecule has 0 saturated carbocycles. The average molecular weight is 548 g/mol. The third-order valence-corrected chi connectivity index (χ3v) is 5.12. The van der Waals surface area contributed by atoms with Crippen LogP contribution in [-0.2, 0) is 6.54 Å². The highest BCUT2D eigenvalue weighted by Gasteiger charge is 2.21. The van der Waals surface area contributed by atoms with Crippen LogP contribution in [0.15, 0.2) is 60.0 Å². The standard InChI is InChI=1S/C22H28N8O.HI/c1-3-23-21(28-13-15-29(16-14-28)22-24-10-4-11-25-22)26-17-18-9-12-30(27-18)19-5-7-20(31-2)8-6-19;/h4-12H,3,13-17H2,1-2H3,(H,23,26);1H. The fourth-order valence-corrected chi connectivity index (χ4v) is 3.48. The highest BCUT2D eigenvalue weighted by Crippen LogP contribution is 2.15. The van der Waals surface area contributed by atoms with Crippen molar-refractivity contribution < 1.29 is 4.74 Å². The first-order chi connectivity index (χ1) is 15.3. The van der Waals surface area contributed by atoms with Crippen LogP contribution in [0.4, 0.5) is 5.95 Å². The second-order valence-electron chi connectivity index (χ2n) is 7.14. The van der Waals surface area contributed by atoms with E-state index in [-0.39, 0.29) is 24.0 Å². The molecule has 3 aromatic rings. The molecule has 0 radical (unpaired) electrons. The Morgan fingerprint density at radius 1 is 1.06 bits per heavy atom. The van der Waals surface area contributed by atoms with Crippen LogP contribution in [0, 0.1) is 0 Å². The van der Waals surface area contributed by atoms with Crippen molar-refractivity contribution in [3.05, 3.63) is 60.7 Å². The third kappa shape index (κ3) is 5.87. The molecule has 0 amide bonds. The number of anilines is 1. The molecule has 1 N–H and O–H groups in total. The van der Waals surface area contributed by atoms with Gasteiger partial charge in [-0.15, -0.1) is 24.0 Å². The number of ether oxygens (including phenoxy) is 1. The van der Waals surface area contributed by atoms with Crippen LogP contribution >= 0.6 is 24.0 Å². The van der Waals surface area contributed by atoms with Gasteiger partial charge in [0.15, 0.2) is 5.96 Å². The first-order valence-electron chi connectivity index (χ1n) is 10.5. The van der Waals surface area contributed by atoms with Crippen molar-refractivity contribution in [2.24, 2.45) is 4.99 Å². The zero-order chi connectivity index (χ0) is 21.5. The number of benzene rings is 1. The summed E-state index contributed by atoms with van der Waals surface area (Å²) in [5.74, 6) is 2.53. The molecule has 4 rings (SSSR count). The Hall–Kier alpha value is -2.89. The lowest BCUT2D eigenvalue weighted by Crippen LogP contribution is -2.53. The van der Waals surface area contributed by atoms with Gasteiger partial charge in [-0.05, 0) is 43.3 Å². The zero-order valence-corrected chi connectivity index (χ0v) is 20.7. The number of rotatable bonds is 6. The van der Waals surface area contributed by atoms with Crippen LogP contribution in [0.1, 0.15) is 12.6 Å². The van der Waals surface area contributed by atoms with Gasteiger partial charge < -0.3 is 19.9 Å². The molecule has 9 nitrogen and oxygen atoms in total. The van der Waals surface area contributed by atoms with Crippen molar-refractivity contribution in [3.8, 4) is 11.4 Å². The molecule has 1 aliphatic heterocycles. The molecule has 3 heterocycles. The number of hydrogen-bond donors (Lipinski definition) is 1. The second kappa shape index (κ2) is 11.7. The predicted octanol–water partition coefficient (Wildman–Crippen LogP) is 2.58. The van der Waals surface area contributed by atoms with E-state index in [4.69, 9.17) is 9.73 Å². The summed E-state index contributed by atoms with van der Waals surface area (Å²) in [5.41, 5.74) is 1.91. The maximum absolute atomic E-state index is 5.22. The van der Waals surface area contributed by atoms with Gasteiger partial charge in [-0.2, -0.15) is 5.10 Å². The number of piperazine rings is 1. The van der Waals surface area contributed by atoms with E-state index in [1.165, 1.54) is 0 Å². The molecule has 170 valence electrons. The fourth-order valence-electron chi connectivity index (χ4n) is 3.48. The minimum Gasteiger partial charge on any atom is -0.497 e. The molecule has 0 spiro atoms. The van der Waals surface area contributed by atoms with Crippen LogP contribution < -0.4 is 15.0 Å². The van der Waals surface area contributed by atoms with E-state index < -0.39 is 0 Å². The summed E-state index contributed by atoms with van der Waals surface area (Å²) in [7, 11) is 1.66. The molecule has 1 aromatic carbocycles. The number of guanidine groups is 1. The number of halogens is 1. The number of nitrogens with zero attached hydrogens (tertiary/aromatic N) is 7. The molecule has 1 aliphatic rings. The molecular weight excluding hydrogens is 519 g/mol. The Morgan fingerprint density at radius 2 is 1.78 bits per heavy atom. The van der Waals surface area contributed by atoms with Crippen molar-refractivity contribution in [3.63, 3.8) is 0 Å². The van der Waals surface area contributed by atoms with Crippen molar-refractivity contribution in [1.29, 1.82) is 0 Å². The minimum atomic E-state index is 0. The Bertz CT molecular complexity index is 985. The highest BCUT2D eigenvalue weighted by molar-refractivity contribution is 14.0. The number of aliphatic imine (C=N–C) groups is 1. The second-order valence-corrected chi connectivity index (χ2v) is 7.14. The van der Waals surface area contributed by atoms with Crippen molar-refractivity contribution in [1.82, 2.24) is 30.0 Å². The van der Waals surface area contributed by atoms with E-state index in [1.54, 1.807) is 19.5 Å². The number of aromatic nitrogens is 4. The topological polar surface area (TPSA) is 83.7 Å². The maximum Gasteiger partial charge on any atom is 0.225 e. The minimum absolute atomic E-state index is 0. The monoisotopic (exact) mass is 548 g/mol. The summed E-state index contributed by atoms with van der Waals surface area (Å²) in [6.45, 7) is 6.88. The molecule has 32 heavy (non-hydrogen) atoms. The number of hydrogen-bond acceptors (Lipinski definition) is 6. The van der Waals surface area contributed by atoms with E-state index in [9.17, 15) is 0 Å². The van der Waals surface area contributed by atoms with Crippen LogP contribution in [0.5, 0.6) is 5.75 Å². The SMILES string of the molecule is CCNC(=NCc1ccn(-c2ccc(OC)cc2)n1)N1CCN(c2ncccn2)CC1.I. The first kappa shape index (κ1) is 23.8. The molecule has 0 bridgehead atoms. The van der Waals surface area contributed by atoms with Crippen LogP contribution in [0.25, 0.3) is 5.69 Å². The van der Waals surface area contributed by atoms with Gasteiger partial charge in [0.05, 0.1) is 25.0 Å². The summed E-state index contributed by atoms with van der Waals surface area (Å²) < 4.78 is 7.08. The molecule has 0 atom stereocenters. The number of nitrogens with one attached hydrogen (secondary N) is 1. The Balaban J connectivity index is 0.00000289. The highest BCUT2D eigenvalue weighted by atomic mass is 127. The van der Waals surface area contributed by atoms with E-state index in [1.807, 2.05) is 47.3 Å². The predicted molar refractivity (Wildman–Crippen MR) is 136 cm³/mol. The van der Waals surface area contributed by atoms with Gasteiger partial charge in [-0.25, -0.2) is 19.6 Å². The summed E-state index contributed by atoms with van der Waals surface area (Å²) in [4.78, 5) is 18.0. The molecule has 10 heteroatoms. The number of methoxy groups -OCH3 is 1. The van der Waals surface area contributed by atoms with Gasteiger partial charge in [0.25, 0.3) is 0 Å². The average Bonchev–Trinajstić information content (AvgIpc) is 3.31. The Morgan fingerprint density at radius 3 is 2.44 bits per heavy atom. The third-order valence-electron chi connectivity index (χ3n) is 5.12. The van der Waals surface area contributed by atoms with E-state index in [0.717, 1.165) is 61.8 Å². The lowest BCUT2D eigenvalue weighted by molar-refractivity contribution is 0.370. The molecule has 1 saturated heterocycles. The summed E-state index contributed by atoms with van der Waals surface area (Å²) >= 11 is 0. The Kier molecular flexibility index (Phi) is 8.65. The van der Waals surface area contributed by atoms with Crippen LogP contribution in [0.3, 0.4) is 0 Å². The van der Waals surface area contributed by atoms with Crippen molar-refractivity contribution >= 4 is 35.9 Å². The van der Waals surface area contributed by atoms with Crippen LogP contribution in [0.2, 0.25) is 0 Å². The van der Waals surface area contributed by atoms with Crippen molar-refractivity contribution in [2.45, 2.75) is 13.5 Å². The van der Waals surface area contributed by atoms with Gasteiger partial charge >= 0.3 is 0 Å². The molecule has 0 aliphatic carbocycles. The fraction of sp³-hybridized carbons (Fsp3) is 0.364. The maximum atomic E-state index is 5.22. The normalized spacial score (nSPS) is 14.1. The Labute approximate surface area is 205 Å². The molecule has 1 fully saturated rings. The summed E-state index contributed by atoms with van der Waals surface area (Å²) in [6.07, 6.45) is 5.52. The lowest BCUT2D eigenvalue weighted by Gasteiger charge is -2.36. The van der Waals surface area contributed by atoms with E-state index >= 15 is 0 Å². The quantitative estimate of drug-likeness (QED) is 0.288. The first-order valence-corrected chi connectivity index (χ1v) is 10.5. The van der Waals surface area contributed by atoms with Gasteiger partial charge in [0.1, 0.15) is 5.75 Å². The van der Waals surface area contributed by atoms with E-state index in [2.05, 4.69) is 37.1 Å². The molecule has 0 unspecified atom stereocenters. The molecular formula is C22H29IN8O. The van der Waals surface area contributed by atoms with Gasteiger partial charge in [-0.1, -0.05) is 0 Å². The lowest BCUT2D eigenvalue weighted by atomic mass is 10.3. The summed E-state index contributed by atoms with van der Waals surface area (Å²) in [6, 6.07) is 11.7. The van der Waals surface area contributed by atoms with E-state index in [0.29, 0.717) is 6.54 Å². The summed E-state index contributed by atoms with van der Waals surface area (Å²) in [5, 5.41) is 8.07. The molecule has 2 aromatic heterocycles. The van der Waals surface area contributed by atoms with Crippen LogP contribution in [-0.4, -0.2) is 70.4 Å².